The highest BCUT2D eigenvalue weighted by Gasteiger charge is 2.54. The first-order chi connectivity index (χ1) is 8.37. The Bertz CT molecular complexity index is 555. The number of halogens is 1. The highest BCUT2D eigenvalue weighted by Crippen LogP contribution is 2.40. The molecule has 0 saturated carbocycles. The van der Waals surface area contributed by atoms with Crippen LogP contribution in [0.1, 0.15) is 13.2 Å². The summed E-state index contributed by atoms with van der Waals surface area (Å²) in [5.41, 5.74) is -2.82. The van der Waals surface area contributed by atoms with Crippen molar-refractivity contribution in [3.05, 3.63) is 27.4 Å². The monoisotopic (exact) mass is 276 g/mol. The Kier molecular flexibility index (Phi) is 3.37. The van der Waals surface area contributed by atoms with Crippen LogP contribution >= 0.6 is 12.2 Å². The minimum Gasteiger partial charge on any atom is -0.394 e. The predicted octanol–water partition coefficient (Wildman–Crippen LogP) is -0.115. The van der Waals surface area contributed by atoms with E-state index in [1.807, 2.05) is 0 Å². The van der Waals surface area contributed by atoms with Gasteiger partial charge in [0.1, 0.15) is 16.8 Å². The van der Waals surface area contributed by atoms with Crippen LogP contribution in [-0.2, 0) is 4.74 Å². The van der Waals surface area contributed by atoms with Gasteiger partial charge < -0.3 is 14.9 Å². The van der Waals surface area contributed by atoms with E-state index in [2.05, 4.69) is 4.98 Å². The standard InChI is InChI=1S/C10H13FN2O4S/c1-10(11)7(15)5(4-14)17-8(10)13-3-2-6(18)12-9(13)16/h2-3,5,7-8,14-15H,4H2,1H3,(H,12,16,18)/t5-,7+,8-,10?/m1/s1. The molecule has 2 heterocycles. The summed E-state index contributed by atoms with van der Waals surface area (Å²) < 4.78 is 20.7. The number of hydrogen-bond donors (Lipinski definition) is 3. The number of aliphatic hydroxyl groups excluding tert-OH is 2. The van der Waals surface area contributed by atoms with Gasteiger partial charge in [0.25, 0.3) is 0 Å². The number of alkyl halides is 1. The van der Waals surface area contributed by atoms with Crippen molar-refractivity contribution in [2.75, 3.05) is 6.61 Å². The maximum Gasteiger partial charge on any atom is 0.328 e. The zero-order valence-electron chi connectivity index (χ0n) is 9.54. The molecule has 0 amide bonds. The lowest BCUT2D eigenvalue weighted by atomic mass is 9.98. The zero-order valence-corrected chi connectivity index (χ0v) is 10.4. The lowest BCUT2D eigenvalue weighted by Crippen LogP contribution is -2.42. The molecule has 1 fully saturated rings. The number of aliphatic hydroxyl groups is 2. The summed E-state index contributed by atoms with van der Waals surface area (Å²) in [7, 11) is 0. The Labute approximate surface area is 107 Å². The molecule has 2 rings (SSSR count). The van der Waals surface area contributed by atoms with E-state index in [1.165, 1.54) is 12.3 Å². The summed E-state index contributed by atoms with van der Waals surface area (Å²) in [6.45, 7) is 0.584. The fourth-order valence-electron chi connectivity index (χ4n) is 1.97. The van der Waals surface area contributed by atoms with Gasteiger partial charge in [-0.15, -0.1) is 0 Å². The largest absolute Gasteiger partial charge is 0.394 e. The van der Waals surface area contributed by atoms with E-state index in [4.69, 9.17) is 22.1 Å². The van der Waals surface area contributed by atoms with Crippen LogP contribution in [0, 0.1) is 4.64 Å². The van der Waals surface area contributed by atoms with Gasteiger partial charge in [0, 0.05) is 6.20 Å². The minimum atomic E-state index is -2.19. The topological polar surface area (TPSA) is 87.5 Å². The average Bonchev–Trinajstić information content (AvgIpc) is 2.52. The van der Waals surface area contributed by atoms with Crippen LogP contribution in [0.2, 0.25) is 0 Å². The highest BCUT2D eigenvalue weighted by molar-refractivity contribution is 7.71. The molecule has 0 aromatic carbocycles. The van der Waals surface area contributed by atoms with Crippen molar-refractivity contribution in [3.63, 3.8) is 0 Å². The number of H-pyrrole nitrogens is 1. The van der Waals surface area contributed by atoms with E-state index in [0.717, 1.165) is 11.5 Å². The maximum atomic E-state index is 14.4. The summed E-state index contributed by atoms with van der Waals surface area (Å²) in [5.74, 6) is 0. The van der Waals surface area contributed by atoms with Gasteiger partial charge in [-0.3, -0.25) is 9.55 Å². The Balaban J connectivity index is 2.45. The van der Waals surface area contributed by atoms with Crippen molar-refractivity contribution in [1.82, 2.24) is 9.55 Å². The van der Waals surface area contributed by atoms with E-state index in [9.17, 15) is 14.3 Å². The number of aromatic amines is 1. The molecule has 18 heavy (non-hydrogen) atoms. The van der Waals surface area contributed by atoms with Crippen molar-refractivity contribution in [2.45, 2.75) is 31.0 Å². The van der Waals surface area contributed by atoms with E-state index in [0.29, 0.717) is 0 Å². The van der Waals surface area contributed by atoms with Gasteiger partial charge in [-0.25, -0.2) is 9.18 Å². The molecule has 4 atom stereocenters. The van der Waals surface area contributed by atoms with Gasteiger partial charge in [0.05, 0.1) is 6.61 Å². The first kappa shape index (κ1) is 13.3. The molecule has 8 heteroatoms. The van der Waals surface area contributed by atoms with Crippen LogP contribution in [0.25, 0.3) is 0 Å². The van der Waals surface area contributed by atoms with Crippen molar-refractivity contribution in [2.24, 2.45) is 0 Å². The van der Waals surface area contributed by atoms with Crippen LogP contribution in [0.3, 0.4) is 0 Å². The number of nitrogens with one attached hydrogen (secondary N) is 1. The van der Waals surface area contributed by atoms with Crippen molar-refractivity contribution >= 4 is 12.2 Å². The zero-order chi connectivity index (χ0) is 13.5. The summed E-state index contributed by atoms with van der Waals surface area (Å²) in [5, 5.41) is 18.7. The second-order valence-electron chi connectivity index (χ2n) is 4.32. The van der Waals surface area contributed by atoms with Gasteiger partial charge >= 0.3 is 5.69 Å². The molecular weight excluding hydrogens is 263 g/mol. The minimum absolute atomic E-state index is 0.217. The van der Waals surface area contributed by atoms with Gasteiger partial charge in [0.15, 0.2) is 11.9 Å². The third-order valence-electron chi connectivity index (χ3n) is 3.00. The van der Waals surface area contributed by atoms with E-state index in [1.54, 1.807) is 0 Å². The first-order valence-electron chi connectivity index (χ1n) is 5.32. The van der Waals surface area contributed by atoms with Crippen molar-refractivity contribution < 1.29 is 19.3 Å². The number of ether oxygens (including phenoxy) is 1. The summed E-state index contributed by atoms with van der Waals surface area (Å²) in [6, 6.07) is 1.41. The third kappa shape index (κ3) is 2.01. The summed E-state index contributed by atoms with van der Waals surface area (Å²) in [4.78, 5) is 14.0. The van der Waals surface area contributed by atoms with Crippen LogP contribution in [0.5, 0.6) is 0 Å². The number of aromatic nitrogens is 2. The fraction of sp³-hybridized carbons (Fsp3) is 0.600. The van der Waals surface area contributed by atoms with Crippen LogP contribution in [0.15, 0.2) is 17.1 Å². The van der Waals surface area contributed by atoms with Crippen molar-refractivity contribution in [3.8, 4) is 0 Å². The fourth-order valence-corrected chi connectivity index (χ4v) is 2.12. The van der Waals surface area contributed by atoms with Gasteiger partial charge in [-0.2, -0.15) is 0 Å². The van der Waals surface area contributed by atoms with E-state index < -0.39 is 36.4 Å². The van der Waals surface area contributed by atoms with Gasteiger partial charge in [-0.05, 0) is 13.0 Å². The van der Waals surface area contributed by atoms with Crippen LogP contribution in [-0.4, -0.2) is 44.2 Å². The average molecular weight is 276 g/mol. The maximum absolute atomic E-state index is 14.4. The molecule has 0 radical (unpaired) electrons. The molecular formula is C10H13FN2O4S. The molecule has 3 N–H and O–H groups in total. The lowest BCUT2D eigenvalue weighted by molar-refractivity contribution is -0.0611. The lowest BCUT2D eigenvalue weighted by Gasteiger charge is -2.24. The summed E-state index contributed by atoms with van der Waals surface area (Å²) in [6.07, 6.45) is -2.61. The smallest absolute Gasteiger partial charge is 0.328 e. The summed E-state index contributed by atoms with van der Waals surface area (Å²) >= 11 is 4.77. The highest BCUT2D eigenvalue weighted by atomic mass is 32.1. The van der Waals surface area contributed by atoms with E-state index in [-0.39, 0.29) is 4.64 Å². The second-order valence-corrected chi connectivity index (χ2v) is 4.76. The number of nitrogens with zero attached hydrogens (tertiary/aromatic N) is 1. The molecule has 1 saturated heterocycles. The third-order valence-corrected chi connectivity index (χ3v) is 3.24. The van der Waals surface area contributed by atoms with Gasteiger partial charge in [0.2, 0.25) is 0 Å². The number of rotatable bonds is 2. The van der Waals surface area contributed by atoms with Crippen LogP contribution < -0.4 is 5.69 Å². The normalized spacial score (nSPS) is 35.9. The molecule has 0 aliphatic carbocycles. The Morgan fingerprint density at radius 3 is 2.89 bits per heavy atom. The van der Waals surface area contributed by atoms with Gasteiger partial charge in [-0.1, -0.05) is 12.2 Å². The molecule has 1 aliphatic rings. The molecule has 1 aromatic heterocycles. The SMILES string of the molecule is CC1(F)[C@@H](O)[C@@H](CO)O[C@H]1n1ccc(=S)[nH]c1=O. The first-order valence-corrected chi connectivity index (χ1v) is 5.73. The number of hydrogen-bond acceptors (Lipinski definition) is 5. The quantitative estimate of drug-likeness (QED) is 0.656. The molecule has 0 spiro atoms. The van der Waals surface area contributed by atoms with Crippen LogP contribution in [0.4, 0.5) is 4.39 Å². The molecule has 100 valence electrons. The molecule has 1 aromatic rings. The molecule has 1 aliphatic heterocycles. The molecule has 1 unspecified atom stereocenters. The predicted molar refractivity (Wildman–Crippen MR) is 62.4 cm³/mol. The Hall–Kier alpha value is -1.09. The Morgan fingerprint density at radius 2 is 2.39 bits per heavy atom. The second kappa shape index (κ2) is 4.54. The molecule has 0 bridgehead atoms. The Morgan fingerprint density at radius 1 is 1.72 bits per heavy atom. The van der Waals surface area contributed by atoms with Crippen molar-refractivity contribution in [1.29, 1.82) is 0 Å². The molecule has 6 nitrogen and oxygen atoms in total. The van der Waals surface area contributed by atoms with E-state index >= 15 is 0 Å².